The lowest BCUT2D eigenvalue weighted by Crippen LogP contribution is -2.35. The van der Waals surface area contributed by atoms with E-state index in [0.717, 1.165) is 31.2 Å². The third-order valence-corrected chi connectivity index (χ3v) is 5.38. The minimum atomic E-state index is -0.423. The maximum atomic E-state index is 12.3. The zero-order valence-electron chi connectivity index (χ0n) is 14.8. The highest BCUT2D eigenvalue weighted by Gasteiger charge is 2.39. The minimum Gasteiger partial charge on any atom is -0.455 e. The summed E-state index contributed by atoms with van der Waals surface area (Å²) in [4.78, 5) is 30.6. The summed E-state index contributed by atoms with van der Waals surface area (Å²) in [5.41, 5.74) is 0.720. The van der Waals surface area contributed by atoms with Crippen molar-refractivity contribution in [2.24, 2.45) is 5.92 Å². The topological polar surface area (TPSA) is 85.5 Å². The van der Waals surface area contributed by atoms with Crippen LogP contribution in [0.4, 0.5) is 0 Å². The molecule has 0 spiro atoms. The SMILES string of the molecule is O=C(OCc1nc(-c2cccc(Cl)c2)no1)[C@H]1CC(=O)N(C2CCCC2)C1. The van der Waals surface area contributed by atoms with E-state index in [9.17, 15) is 9.59 Å². The highest BCUT2D eigenvalue weighted by Crippen LogP contribution is 2.30. The van der Waals surface area contributed by atoms with Gasteiger partial charge in [-0.2, -0.15) is 4.98 Å². The van der Waals surface area contributed by atoms with Gasteiger partial charge in [0.15, 0.2) is 6.61 Å². The number of carbonyl (C=O) groups excluding carboxylic acids is 2. The Morgan fingerprint density at radius 2 is 2.15 bits per heavy atom. The van der Waals surface area contributed by atoms with E-state index < -0.39 is 11.9 Å². The Hall–Kier alpha value is -2.41. The molecule has 0 bridgehead atoms. The molecule has 2 fully saturated rings. The molecule has 1 saturated heterocycles. The molecule has 4 rings (SSSR count). The Bertz CT molecular complexity index is 847. The molecule has 2 heterocycles. The Labute approximate surface area is 161 Å². The number of ether oxygens (including phenoxy) is 1. The van der Waals surface area contributed by atoms with Gasteiger partial charge in [-0.1, -0.05) is 41.7 Å². The fourth-order valence-corrected chi connectivity index (χ4v) is 3.96. The molecule has 7 nitrogen and oxygen atoms in total. The molecule has 27 heavy (non-hydrogen) atoms. The van der Waals surface area contributed by atoms with Gasteiger partial charge in [0.1, 0.15) is 0 Å². The lowest BCUT2D eigenvalue weighted by molar-refractivity contribution is -0.150. The number of carbonyl (C=O) groups is 2. The highest BCUT2D eigenvalue weighted by atomic mass is 35.5. The summed E-state index contributed by atoms with van der Waals surface area (Å²) in [6.45, 7) is 0.334. The van der Waals surface area contributed by atoms with Crippen molar-refractivity contribution in [1.29, 1.82) is 0 Å². The number of halogens is 1. The molecule has 142 valence electrons. The molecule has 1 aliphatic carbocycles. The molecule has 2 aromatic rings. The van der Waals surface area contributed by atoms with Gasteiger partial charge >= 0.3 is 5.97 Å². The molecule has 1 amide bonds. The van der Waals surface area contributed by atoms with E-state index in [1.54, 1.807) is 18.2 Å². The summed E-state index contributed by atoms with van der Waals surface area (Å²) in [6.07, 6.45) is 4.57. The second-order valence-corrected chi connectivity index (χ2v) is 7.45. The van der Waals surface area contributed by atoms with Crippen molar-refractivity contribution >= 4 is 23.5 Å². The number of likely N-dealkylation sites (tertiary alicyclic amines) is 1. The first-order chi connectivity index (χ1) is 13.1. The van der Waals surface area contributed by atoms with Gasteiger partial charge in [-0.05, 0) is 25.0 Å². The van der Waals surface area contributed by atoms with E-state index in [-0.39, 0.29) is 30.9 Å². The van der Waals surface area contributed by atoms with Crippen LogP contribution in [-0.4, -0.2) is 39.5 Å². The molecular weight excluding hydrogens is 370 g/mol. The maximum absolute atomic E-state index is 12.3. The molecular formula is C19H20ClN3O4. The minimum absolute atomic E-state index is 0.0462. The van der Waals surface area contributed by atoms with Crippen LogP contribution >= 0.6 is 11.6 Å². The quantitative estimate of drug-likeness (QED) is 0.730. The molecule has 1 aromatic heterocycles. The number of hydrogen-bond acceptors (Lipinski definition) is 6. The van der Waals surface area contributed by atoms with Gasteiger partial charge in [0.25, 0.3) is 5.89 Å². The monoisotopic (exact) mass is 389 g/mol. The van der Waals surface area contributed by atoms with Crippen molar-refractivity contribution in [3.8, 4) is 11.4 Å². The van der Waals surface area contributed by atoms with Gasteiger partial charge in [0.2, 0.25) is 11.7 Å². The van der Waals surface area contributed by atoms with E-state index in [4.69, 9.17) is 20.9 Å². The van der Waals surface area contributed by atoms with Gasteiger partial charge in [-0.15, -0.1) is 0 Å². The highest BCUT2D eigenvalue weighted by molar-refractivity contribution is 6.30. The number of rotatable bonds is 5. The van der Waals surface area contributed by atoms with Gasteiger partial charge in [-0.25, -0.2) is 0 Å². The first kappa shape index (κ1) is 18.0. The zero-order chi connectivity index (χ0) is 18.8. The van der Waals surface area contributed by atoms with Gasteiger partial charge < -0.3 is 14.2 Å². The number of esters is 1. The Kier molecular flexibility index (Phi) is 5.11. The summed E-state index contributed by atoms with van der Waals surface area (Å²) < 4.78 is 10.4. The second-order valence-electron chi connectivity index (χ2n) is 7.02. The van der Waals surface area contributed by atoms with Crippen LogP contribution in [0, 0.1) is 5.92 Å². The number of hydrogen-bond donors (Lipinski definition) is 0. The molecule has 1 aromatic carbocycles. The largest absolute Gasteiger partial charge is 0.455 e. The Morgan fingerprint density at radius 1 is 1.33 bits per heavy atom. The van der Waals surface area contributed by atoms with Gasteiger partial charge in [0.05, 0.1) is 5.92 Å². The molecule has 0 radical (unpaired) electrons. The third kappa shape index (κ3) is 3.98. The van der Waals surface area contributed by atoms with Crippen molar-refractivity contribution in [3.05, 3.63) is 35.2 Å². The predicted octanol–water partition coefficient (Wildman–Crippen LogP) is 3.22. The third-order valence-electron chi connectivity index (χ3n) is 5.15. The molecule has 1 saturated carbocycles. The second kappa shape index (κ2) is 7.68. The summed E-state index contributed by atoms with van der Waals surface area (Å²) in [5.74, 6) is -0.188. The summed E-state index contributed by atoms with van der Waals surface area (Å²) in [5, 5.41) is 4.45. The molecule has 1 aliphatic heterocycles. The van der Waals surface area contributed by atoms with Gasteiger partial charge in [-0.3, -0.25) is 9.59 Å². The van der Waals surface area contributed by atoms with Crippen LogP contribution in [0.1, 0.15) is 38.0 Å². The van der Waals surface area contributed by atoms with E-state index >= 15 is 0 Å². The number of nitrogens with zero attached hydrogens (tertiary/aromatic N) is 3. The summed E-state index contributed by atoms with van der Waals surface area (Å²) in [6, 6.07) is 7.37. The number of benzene rings is 1. The summed E-state index contributed by atoms with van der Waals surface area (Å²) >= 11 is 5.96. The molecule has 2 aliphatic rings. The predicted molar refractivity (Wildman–Crippen MR) is 96.6 cm³/mol. The molecule has 0 N–H and O–H groups in total. The smallest absolute Gasteiger partial charge is 0.311 e. The van der Waals surface area contributed by atoms with Crippen LogP contribution in [0.3, 0.4) is 0 Å². The average molecular weight is 390 g/mol. The number of amides is 1. The molecule has 1 atom stereocenters. The van der Waals surface area contributed by atoms with Crippen LogP contribution in [0.5, 0.6) is 0 Å². The first-order valence-electron chi connectivity index (χ1n) is 9.15. The van der Waals surface area contributed by atoms with Crippen molar-refractivity contribution < 1.29 is 18.8 Å². The summed E-state index contributed by atoms with van der Waals surface area (Å²) in [7, 11) is 0. The fourth-order valence-electron chi connectivity index (χ4n) is 3.77. The fraction of sp³-hybridized carbons (Fsp3) is 0.474. The number of aromatic nitrogens is 2. The standard InChI is InChI=1S/C19H20ClN3O4/c20-14-5-3-4-12(8-14)18-21-16(27-22-18)11-26-19(25)13-9-17(24)23(10-13)15-6-1-2-7-15/h3-5,8,13,15H,1-2,6-7,9-11H2/t13-/m0/s1. The van der Waals surface area contributed by atoms with Crippen LogP contribution in [-0.2, 0) is 20.9 Å². The van der Waals surface area contributed by atoms with Crippen molar-refractivity contribution in [2.45, 2.75) is 44.8 Å². The first-order valence-corrected chi connectivity index (χ1v) is 9.52. The Morgan fingerprint density at radius 3 is 2.93 bits per heavy atom. The van der Waals surface area contributed by atoms with Crippen molar-refractivity contribution in [3.63, 3.8) is 0 Å². The lowest BCUT2D eigenvalue weighted by atomic mass is 10.1. The van der Waals surface area contributed by atoms with Crippen LogP contribution < -0.4 is 0 Å². The molecule has 0 unspecified atom stereocenters. The van der Waals surface area contributed by atoms with E-state index in [1.165, 1.54) is 0 Å². The molecule has 8 heteroatoms. The maximum Gasteiger partial charge on any atom is 0.311 e. The Balaban J connectivity index is 1.33. The van der Waals surface area contributed by atoms with Crippen LogP contribution in [0.15, 0.2) is 28.8 Å². The normalized spacial score (nSPS) is 20.4. The van der Waals surface area contributed by atoms with Crippen molar-refractivity contribution in [1.82, 2.24) is 15.0 Å². The van der Waals surface area contributed by atoms with Crippen LogP contribution in [0.25, 0.3) is 11.4 Å². The van der Waals surface area contributed by atoms with E-state index in [0.29, 0.717) is 17.4 Å². The van der Waals surface area contributed by atoms with E-state index in [1.807, 2.05) is 11.0 Å². The lowest BCUT2D eigenvalue weighted by Gasteiger charge is -2.23. The van der Waals surface area contributed by atoms with Crippen LogP contribution in [0.2, 0.25) is 5.02 Å². The van der Waals surface area contributed by atoms with Crippen molar-refractivity contribution in [2.75, 3.05) is 6.54 Å². The van der Waals surface area contributed by atoms with E-state index in [2.05, 4.69) is 10.1 Å². The van der Waals surface area contributed by atoms with Gasteiger partial charge in [0, 0.05) is 29.6 Å². The zero-order valence-corrected chi connectivity index (χ0v) is 15.5. The average Bonchev–Trinajstić information content (AvgIpc) is 3.40.